The van der Waals surface area contributed by atoms with Crippen LogP contribution < -0.4 is 5.73 Å². The number of hydrogen-bond donors (Lipinski definition) is 1. The molecule has 1 aliphatic carbocycles. The highest BCUT2D eigenvalue weighted by Crippen LogP contribution is 2.40. The van der Waals surface area contributed by atoms with E-state index in [1.165, 1.54) is 7.11 Å². The molecule has 1 rings (SSSR count). The van der Waals surface area contributed by atoms with Crippen molar-refractivity contribution in [2.24, 2.45) is 17.6 Å². The van der Waals surface area contributed by atoms with Crippen molar-refractivity contribution in [2.45, 2.75) is 6.42 Å². The Bertz CT molecular complexity index is 177. The van der Waals surface area contributed by atoms with E-state index in [2.05, 4.69) is 4.74 Å². The normalized spacial score (nSPS) is 28.9. The lowest BCUT2D eigenvalue weighted by Crippen LogP contribution is -2.03. The molecule has 1 aliphatic rings. The third-order valence-corrected chi connectivity index (χ3v) is 1.86. The maximum atomic E-state index is 10.9. The fourth-order valence-corrected chi connectivity index (χ4v) is 1.10. The molecule has 0 aromatic rings. The standard InChI is InChI=1S/C8H13NO2/c1-11-8(10)7-5-6(7)3-2-4-9/h2-3,6-7H,4-5,9H2,1H3/b3-2-. The van der Waals surface area contributed by atoms with Crippen LogP contribution >= 0.6 is 0 Å². The van der Waals surface area contributed by atoms with Gasteiger partial charge in [0.15, 0.2) is 0 Å². The first-order valence-electron chi connectivity index (χ1n) is 3.74. The third-order valence-electron chi connectivity index (χ3n) is 1.86. The van der Waals surface area contributed by atoms with Gasteiger partial charge in [0.05, 0.1) is 13.0 Å². The van der Waals surface area contributed by atoms with Gasteiger partial charge in [0.1, 0.15) is 0 Å². The molecule has 62 valence electrons. The largest absolute Gasteiger partial charge is 0.469 e. The molecule has 0 aromatic carbocycles. The van der Waals surface area contributed by atoms with Crippen LogP contribution in [0.3, 0.4) is 0 Å². The van der Waals surface area contributed by atoms with Crippen molar-refractivity contribution in [2.75, 3.05) is 13.7 Å². The molecule has 0 bridgehead atoms. The Labute approximate surface area is 66.2 Å². The predicted molar refractivity (Wildman–Crippen MR) is 41.8 cm³/mol. The van der Waals surface area contributed by atoms with Gasteiger partial charge in [-0.05, 0) is 12.3 Å². The molecule has 2 N–H and O–H groups in total. The van der Waals surface area contributed by atoms with E-state index in [0.29, 0.717) is 12.5 Å². The number of hydrogen-bond acceptors (Lipinski definition) is 3. The smallest absolute Gasteiger partial charge is 0.309 e. The number of carbonyl (C=O) groups is 1. The number of rotatable bonds is 3. The molecule has 0 saturated heterocycles. The monoisotopic (exact) mass is 155 g/mol. The maximum Gasteiger partial charge on any atom is 0.309 e. The summed E-state index contributed by atoms with van der Waals surface area (Å²) >= 11 is 0. The first-order valence-corrected chi connectivity index (χ1v) is 3.74. The second-order valence-corrected chi connectivity index (χ2v) is 2.69. The van der Waals surface area contributed by atoms with Gasteiger partial charge < -0.3 is 10.5 Å². The molecule has 0 aliphatic heterocycles. The lowest BCUT2D eigenvalue weighted by molar-refractivity contribution is -0.142. The molecule has 0 amide bonds. The van der Waals surface area contributed by atoms with Gasteiger partial charge >= 0.3 is 5.97 Å². The van der Waals surface area contributed by atoms with E-state index >= 15 is 0 Å². The van der Waals surface area contributed by atoms with Crippen molar-refractivity contribution in [1.82, 2.24) is 0 Å². The van der Waals surface area contributed by atoms with E-state index < -0.39 is 0 Å². The lowest BCUT2D eigenvalue weighted by Gasteiger charge is -1.92. The fourth-order valence-electron chi connectivity index (χ4n) is 1.10. The van der Waals surface area contributed by atoms with Gasteiger partial charge in [-0.1, -0.05) is 12.2 Å². The zero-order valence-corrected chi connectivity index (χ0v) is 6.62. The summed E-state index contributed by atoms with van der Waals surface area (Å²) in [6.45, 7) is 0.546. The van der Waals surface area contributed by atoms with E-state index in [0.717, 1.165) is 6.42 Å². The number of nitrogens with two attached hydrogens (primary N) is 1. The summed E-state index contributed by atoms with van der Waals surface area (Å²) in [5.74, 6) is 0.380. The molecule has 0 heterocycles. The second kappa shape index (κ2) is 3.53. The third kappa shape index (κ3) is 2.05. The van der Waals surface area contributed by atoms with Crippen LogP contribution in [0, 0.1) is 11.8 Å². The SMILES string of the molecule is COC(=O)C1CC1/C=C\CN. The van der Waals surface area contributed by atoms with E-state index in [9.17, 15) is 4.79 Å². The highest BCUT2D eigenvalue weighted by Gasteiger charge is 2.41. The Morgan fingerprint density at radius 1 is 1.82 bits per heavy atom. The predicted octanol–water partition coefficient (Wildman–Crippen LogP) is 0.310. The number of carbonyl (C=O) groups excluding carboxylic acids is 1. The molecular weight excluding hydrogens is 142 g/mol. The molecule has 0 aromatic heterocycles. The Morgan fingerprint density at radius 3 is 3.09 bits per heavy atom. The summed E-state index contributed by atoms with van der Waals surface area (Å²) in [6, 6.07) is 0. The number of ether oxygens (including phenoxy) is 1. The maximum absolute atomic E-state index is 10.9. The summed E-state index contributed by atoms with van der Waals surface area (Å²) in [6.07, 6.45) is 4.79. The van der Waals surface area contributed by atoms with E-state index in [1.807, 2.05) is 12.2 Å². The van der Waals surface area contributed by atoms with Gasteiger partial charge in [0.25, 0.3) is 0 Å². The van der Waals surface area contributed by atoms with Crippen molar-refractivity contribution in [1.29, 1.82) is 0 Å². The van der Waals surface area contributed by atoms with Gasteiger partial charge in [0, 0.05) is 6.54 Å². The average molecular weight is 155 g/mol. The first-order chi connectivity index (χ1) is 5.29. The summed E-state index contributed by atoms with van der Waals surface area (Å²) in [7, 11) is 1.42. The fraction of sp³-hybridized carbons (Fsp3) is 0.625. The van der Waals surface area contributed by atoms with Crippen molar-refractivity contribution >= 4 is 5.97 Å². The molecule has 2 unspecified atom stereocenters. The molecule has 0 radical (unpaired) electrons. The van der Waals surface area contributed by atoms with Crippen LogP contribution in [0.1, 0.15) is 6.42 Å². The van der Waals surface area contributed by atoms with Crippen LogP contribution in [0.4, 0.5) is 0 Å². The summed E-state index contributed by atoms with van der Waals surface area (Å²) in [4.78, 5) is 10.9. The van der Waals surface area contributed by atoms with Crippen LogP contribution in [0.15, 0.2) is 12.2 Å². The van der Waals surface area contributed by atoms with Crippen LogP contribution in [-0.2, 0) is 9.53 Å². The highest BCUT2D eigenvalue weighted by atomic mass is 16.5. The van der Waals surface area contributed by atoms with Gasteiger partial charge in [0.2, 0.25) is 0 Å². The van der Waals surface area contributed by atoms with Crippen LogP contribution in [0.5, 0.6) is 0 Å². The Hall–Kier alpha value is -0.830. The van der Waals surface area contributed by atoms with Crippen LogP contribution in [0.25, 0.3) is 0 Å². The van der Waals surface area contributed by atoms with Gasteiger partial charge in [-0.25, -0.2) is 0 Å². The molecule has 3 nitrogen and oxygen atoms in total. The molecule has 2 atom stereocenters. The first kappa shape index (κ1) is 8.27. The highest BCUT2D eigenvalue weighted by molar-refractivity contribution is 5.76. The zero-order chi connectivity index (χ0) is 8.27. The van der Waals surface area contributed by atoms with E-state index in [1.54, 1.807) is 0 Å². The summed E-state index contributed by atoms with van der Waals surface area (Å²) < 4.78 is 4.58. The van der Waals surface area contributed by atoms with E-state index in [-0.39, 0.29) is 11.9 Å². The number of methoxy groups -OCH3 is 1. The average Bonchev–Trinajstić information content (AvgIpc) is 2.78. The summed E-state index contributed by atoms with van der Waals surface area (Å²) in [5.41, 5.74) is 5.26. The minimum Gasteiger partial charge on any atom is -0.469 e. The minimum atomic E-state index is -0.100. The molecule has 3 heteroatoms. The van der Waals surface area contributed by atoms with Gasteiger partial charge in [-0.15, -0.1) is 0 Å². The minimum absolute atomic E-state index is 0.0998. The van der Waals surface area contributed by atoms with Gasteiger partial charge in [-0.2, -0.15) is 0 Å². The molecule has 0 spiro atoms. The number of allylic oxidation sites excluding steroid dienone is 1. The topological polar surface area (TPSA) is 52.3 Å². The Morgan fingerprint density at radius 2 is 2.55 bits per heavy atom. The van der Waals surface area contributed by atoms with Gasteiger partial charge in [-0.3, -0.25) is 4.79 Å². The second-order valence-electron chi connectivity index (χ2n) is 2.69. The van der Waals surface area contributed by atoms with E-state index in [4.69, 9.17) is 5.73 Å². The van der Waals surface area contributed by atoms with Crippen LogP contribution in [-0.4, -0.2) is 19.6 Å². The molecular formula is C8H13NO2. The van der Waals surface area contributed by atoms with Crippen molar-refractivity contribution < 1.29 is 9.53 Å². The number of esters is 1. The molecule has 1 saturated carbocycles. The lowest BCUT2D eigenvalue weighted by atomic mass is 10.3. The summed E-state index contributed by atoms with van der Waals surface area (Å²) in [5, 5.41) is 0. The Kier molecular flexibility index (Phi) is 2.65. The van der Waals surface area contributed by atoms with Crippen molar-refractivity contribution in [3.63, 3.8) is 0 Å². The zero-order valence-electron chi connectivity index (χ0n) is 6.62. The van der Waals surface area contributed by atoms with Crippen molar-refractivity contribution in [3.05, 3.63) is 12.2 Å². The molecule has 1 fully saturated rings. The Balaban J connectivity index is 2.26. The van der Waals surface area contributed by atoms with Crippen molar-refractivity contribution in [3.8, 4) is 0 Å². The molecule has 11 heavy (non-hydrogen) atoms. The van der Waals surface area contributed by atoms with Crippen LogP contribution in [0.2, 0.25) is 0 Å². The quantitative estimate of drug-likeness (QED) is 0.471.